The van der Waals surface area contributed by atoms with Gasteiger partial charge in [0, 0.05) is 5.39 Å². The lowest BCUT2D eigenvalue weighted by atomic mass is 10.0. The summed E-state index contributed by atoms with van der Waals surface area (Å²) >= 11 is 0. The third kappa shape index (κ3) is 3.04. The van der Waals surface area contributed by atoms with E-state index in [1.807, 2.05) is 19.1 Å². The van der Waals surface area contributed by atoms with Crippen LogP contribution in [-0.2, 0) is 9.47 Å². The Kier molecular flexibility index (Phi) is 5.28. The predicted octanol–water partition coefficient (Wildman–Crippen LogP) is 4.60. The third-order valence-corrected chi connectivity index (χ3v) is 5.37. The second kappa shape index (κ2) is 8.07. The largest absolute Gasteiger partial charge is 0.465 e. The molecule has 2 heterocycles. The maximum atomic E-state index is 13.8. The molecular formula is C24H18N2O6. The van der Waals surface area contributed by atoms with Crippen LogP contribution in [0.25, 0.3) is 16.4 Å². The topological polar surface area (TPSA) is 104 Å². The number of pyridine rings is 1. The van der Waals surface area contributed by atoms with Gasteiger partial charge in [0.15, 0.2) is 0 Å². The first-order chi connectivity index (χ1) is 15.4. The van der Waals surface area contributed by atoms with Crippen molar-refractivity contribution in [2.24, 2.45) is 5.18 Å². The van der Waals surface area contributed by atoms with Crippen LogP contribution in [0.3, 0.4) is 0 Å². The van der Waals surface area contributed by atoms with Crippen molar-refractivity contribution in [3.05, 3.63) is 87.5 Å². The number of fused-ring (bicyclic) bond motifs is 3. The molecule has 0 fully saturated rings. The lowest BCUT2D eigenvalue weighted by molar-refractivity contribution is 0.0556. The number of ketones is 1. The number of hydrogen-bond acceptors (Lipinski definition) is 7. The average Bonchev–Trinajstić information content (AvgIpc) is 3.17. The van der Waals surface area contributed by atoms with Crippen molar-refractivity contribution in [1.29, 1.82) is 0 Å². The second-order valence-corrected chi connectivity index (χ2v) is 7.08. The van der Waals surface area contributed by atoms with Gasteiger partial charge in [0.2, 0.25) is 5.78 Å². The Labute approximate surface area is 182 Å². The Hall–Kier alpha value is -4.33. The molecule has 2 aromatic heterocycles. The number of aryl methyl sites for hydroxylation is 1. The maximum absolute atomic E-state index is 13.8. The molecule has 0 aliphatic heterocycles. The van der Waals surface area contributed by atoms with Crippen LogP contribution < -0.4 is 0 Å². The van der Waals surface area contributed by atoms with Gasteiger partial charge < -0.3 is 13.9 Å². The maximum Gasteiger partial charge on any atom is 0.341 e. The zero-order chi connectivity index (χ0) is 23.0. The molecule has 4 aromatic rings. The molecule has 32 heavy (non-hydrogen) atoms. The molecule has 8 heteroatoms. The van der Waals surface area contributed by atoms with Crippen LogP contribution in [0.1, 0.15) is 42.3 Å². The Morgan fingerprint density at radius 3 is 2.16 bits per heavy atom. The Morgan fingerprint density at radius 2 is 1.47 bits per heavy atom. The summed E-state index contributed by atoms with van der Waals surface area (Å²) in [6, 6.07) is 15.0. The van der Waals surface area contributed by atoms with Crippen LogP contribution in [0.5, 0.6) is 0 Å². The number of ether oxygens (including phenoxy) is 2. The van der Waals surface area contributed by atoms with Crippen molar-refractivity contribution in [2.75, 3.05) is 14.2 Å². The van der Waals surface area contributed by atoms with E-state index in [2.05, 4.69) is 5.18 Å². The van der Waals surface area contributed by atoms with E-state index >= 15 is 0 Å². The molecule has 0 bridgehead atoms. The molecule has 4 rings (SSSR count). The number of nitroso groups, excluding NO2 is 1. The molecule has 0 saturated carbocycles. The minimum absolute atomic E-state index is 0.00637. The fraction of sp³-hybridized carbons (Fsp3) is 0.125. The summed E-state index contributed by atoms with van der Waals surface area (Å²) in [6.07, 6.45) is 0. The lowest BCUT2D eigenvalue weighted by Crippen LogP contribution is -2.15. The minimum Gasteiger partial charge on any atom is -0.465 e. The summed E-state index contributed by atoms with van der Waals surface area (Å²) in [4.78, 5) is 50.8. The van der Waals surface area contributed by atoms with Crippen molar-refractivity contribution >= 4 is 39.8 Å². The first-order valence-corrected chi connectivity index (χ1v) is 9.65. The predicted molar refractivity (Wildman–Crippen MR) is 118 cm³/mol. The molecule has 8 nitrogen and oxygen atoms in total. The third-order valence-electron chi connectivity index (χ3n) is 5.37. The summed E-state index contributed by atoms with van der Waals surface area (Å²) in [6.45, 7) is 1.86. The number of hydrogen-bond donors (Lipinski definition) is 0. The molecule has 0 spiro atoms. The van der Waals surface area contributed by atoms with Crippen LogP contribution in [0, 0.1) is 11.8 Å². The van der Waals surface area contributed by atoms with Crippen molar-refractivity contribution in [1.82, 2.24) is 4.40 Å². The number of benzene rings is 2. The first-order valence-electron chi connectivity index (χ1n) is 9.65. The highest BCUT2D eigenvalue weighted by atomic mass is 16.5. The summed E-state index contributed by atoms with van der Waals surface area (Å²) in [5.74, 6) is -2.33. The molecule has 0 atom stereocenters. The van der Waals surface area contributed by atoms with E-state index in [9.17, 15) is 19.3 Å². The number of carbonyl (C=O) groups is 3. The fourth-order valence-electron chi connectivity index (χ4n) is 3.96. The SMILES string of the molecule is COC(=O)c1c(C(=O)OC)c2cc(C)c3ccccc3n2c1C(=O)c1ccccc1N=O. The van der Waals surface area contributed by atoms with E-state index < -0.39 is 17.7 Å². The summed E-state index contributed by atoms with van der Waals surface area (Å²) in [7, 11) is 2.35. The zero-order valence-electron chi connectivity index (χ0n) is 17.5. The quantitative estimate of drug-likeness (QED) is 0.260. The molecule has 0 N–H and O–H groups in total. The Balaban J connectivity index is 2.26. The smallest absolute Gasteiger partial charge is 0.341 e. The van der Waals surface area contributed by atoms with Gasteiger partial charge in [-0.3, -0.25) is 4.79 Å². The van der Waals surface area contributed by atoms with Crippen LogP contribution in [-0.4, -0.2) is 36.3 Å². The fourth-order valence-corrected chi connectivity index (χ4v) is 3.96. The minimum atomic E-state index is -0.879. The second-order valence-electron chi connectivity index (χ2n) is 7.08. The van der Waals surface area contributed by atoms with E-state index in [1.54, 1.807) is 30.3 Å². The van der Waals surface area contributed by atoms with Gasteiger partial charge in [0.25, 0.3) is 0 Å². The molecular weight excluding hydrogens is 412 g/mol. The summed E-state index contributed by atoms with van der Waals surface area (Å²) < 4.78 is 11.4. The zero-order valence-corrected chi connectivity index (χ0v) is 17.5. The summed E-state index contributed by atoms with van der Waals surface area (Å²) in [5.41, 5.74) is 1.22. The Bertz CT molecular complexity index is 1430. The monoisotopic (exact) mass is 430 g/mol. The highest BCUT2D eigenvalue weighted by Gasteiger charge is 2.34. The van der Waals surface area contributed by atoms with E-state index in [4.69, 9.17) is 9.47 Å². The molecule has 0 aliphatic carbocycles. The highest BCUT2D eigenvalue weighted by molar-refractivity contribution is 6.22. The molecule has 2 aromatic carbocycles. The number of nitrogens with zero attached hydrogens (tertiary/aromatic N) is 2. The van der Waals surface area contributed by atoms with Gasteiger partial charge in [0.05, 0.1) is 30.8 Å². The van der Waals surface area contributed by atoms with Gasteiger partial charge in [-0.15, -0.1) is 4.91 Å². The molecule has 160 valence electrons. The molecule has 0 aliphatic rings. The van der Waals surface area contributed by atoms with Gasteiger partial charge in [-0.1, -0.05) is 30.3 Å². The molecule has 0 radical (unpaired) electrons. The van der Waals surface area contributed by atoms with Gasteiger partial charge >= 0.3 is 11.9 Å². The van der Waals surface area contributed by atoms with Crippen LogP contribution >= 0.6 is 0 Å². The number of esters is 2. The number of aromatic nitrogens is 1. The van der Waals surface area contributed by atoms with Gasteiger partial charge in [-0.25, -0.2) is 9.59 Å². The van der Waals surface area contributed by atoms with Gasteiger partial charge in [0.1, 0.15) is 22.5 Å². The summed E-state index contributed by atoms with van der Waals surface area (Å²) in [5, 5.41) is 3.76. The van der Waals surface area contributed by atoms with E-state index in [0.29, 0.717) is 11.0 Å². The van der Waals surface area contributed by atoms with Gasteiger partial charge in [-0.2, -0.15) is 0 Å². The van der Waals surface area contributed by atoms with E-state index in [0.717, 1.165) is 18.1 Å². The first kappa shape index (κ1) is 20.9. The van der Waals surface area contributed by atoms with Crippen molar-refractivity contribution in [3.8, 4) is 0 Å². The van der Waals surface area contributed by atoms with Crippen molar-refractivity contribution in [2.45, 2.75) is 6.92 Å². The molecule has 0 amide bonds. The lowest BCUT2D eigenvalue weighted by Gasteiger charge is -2.11. The van der Waals surface area contributed by atoms with Crippen molar-refractivity contribution < 1.29 is 23.9 Å². The van der Waals surface area contributed by atoms with E-state index in [1.165, 1.54) is 23.6 Å². The average molecular weight is 430 g/mol. The van der Waals surface area contributed by atoms with Crippen LogP contribution in [0.15, 0.2) is 59.8 Å². The number of methoxy groups -OCH3 is 2. The van der Waals surface area contributed by atoms with Crippen molar-refractivity contribution in [3.63, 3.8) is 0 Å². The standard InChI is InChI=1S/C24H18N2O6/c1-13-12-18-19(23(28)31-2)20(24(29)32-3)21(26(18)17-11-7-5-8-14(13)17)22(27)15-9-4-6-10-16(15)25-30/h4-12H,1-3H3. The Morgan fingerprint density at radius 1 is 0.844 bits per heavy atom. The normalized spacial score (nSPS) is 10.8. The van der Waals surface area contributed by atoms with E-state index in [-0.39, 0.29) is 28.1 Å². The number of rotatable bonds is 5. The van der Waals surface area contributed by atoms with Crippen LogP contribution in [0.2, 0.25) is 0 Å². The highest BCUT2D eigenvalue weighted by Crippen LogP contribution is 2.34. The number of carbonyl (C=O) groups excluding carboxylic acids is 3. The number of para-hydroxylation sites is 1. The molecule has 0 saturated heterocycles. The molecule has 0 unspecified atom stereocenters. The van der Waals surface area contributed by atoms with Crippen LogP contribution in [0.4, 0.5) is 5.69 Å². The van der Waals surface area contributed by atoms with Gasteiger partial charge in [-0.05, 0) is 41.9 Å².